The molecular weight excluding hydrogens is 385 g/mol. The number of hydrogen-bond acceptors (Lipinski definition) is 1. The first kappa shape index (κ1) is 24.9. The topological polar surface area (TPSA) is 20.2 Å². The van der Waals surface area contributed by atoms with Crippen LogP contribution in [0, 0.1) is 0 Å². The van der Waals surface area contributed by atoms with Crippen molar-refractivity contribution < 1.29 is 33.6 Å². The third-order valence-electron chi connectivity index (χ3n) is 4.71. The van der Waals surface area contributed by atoms with Gasteiger partial charge in [-0.15, -0.1) is 0 Å². The smallest absolute Gasteiger partial charge is 0.0785 e. The lowest BCUT2D eigenvalue weighted by atomic mass is 10.1. The summed E-state index contributed by atoms with van der Waals surface area (Å²) in [5.41, 5.74) is 0. The van der Waals surface area contributed by atoms with Crippen LogP contribution in [-0.4, -0.2) is 42.9 Å². The minimum absolute atomic E-state index is 0. The van der Waals surface area contributed by atoms with Gasteiger partial charge in [0.25, 0.3) is 0 Å². The van der Waals surface area contributed by atoms with Gasteiger partial charge in [-0.3, -0.25) is 0 Å². The monoisotopic (exact) mass is 427 g/mol. The molecule has 0 rings (SSSR count). The highest BCUT2D eigenvalue weighted by molar-refractivity contribution is 4.49. The Kier molecular flexibility index (Phi) is 20.4. The highest BCUT2D eigenvalue weighted by Crippen LogP contribution is 2.14. The molecule has 0 spiro atoms. The molecule has 0 bridgehead atoms. The van der Waals surface area contributed by atoms with Crippen LogP contribution >= 0.6 is 0 Å². The average Bonchev–Trinajstić information content (AvgIpc) is 2.48. The van der Waals surface area contributed by atoms with E-state index in [-0.39, 0.29) is 24.0 Å². The summed E-state index contributed by atoms with van der Waals surface area (Å²) in [5.74, 6) is 0. The van der Waals surface area contributed by atoms with Gasteiger partial charge in [-0.2, -0.15) is 0 Å². The van der Waals surface area contributed by atoms with Crippen molar-refractivity contribution in [3.8, 4) is 0 Å². The van der Waals surface area contributed by atoms with Gasteiger partial charge in [-0.25, -0.2) is 0 Å². The zero-order chi connectivity index (χ0) is 15.8. The molecule has 136 valence electrons. The molecular formula is C19H42INO. The summed E-state index contributed by atoms with van der Waals surface area (Å²) in [6.07, 6.45) is 16.0. The van der Waals surface area contributed by atoms with Crippen molar-refractivity contribution in [2.24, 2.45) is 0 Å². The molecule has 0 radical (unpaired) electrons. The fourth-order valence-electron chi connectivity index (χ4n) is 3.13. The Morgan fingerprint density at radius 1 is 0.591 bits per heavy atom. The first-order valence-corrected chi connectivity index (χ1v) is 9.63. The minimum atomic E-state index is 0. The Bertz CT molecular complexity index is 214. The summed E-state index contributed by atoms with van der Waals surface area (Å²) in [6.45, 7) is 8.84. The number of rotatable bonds is 16. The van der Waals surface area contributed by atoms with Gasteiger partial charge in [-0.1, -0.05) is 52.4 Å². The predicted molar refractivity (Wildman–Crippen MR) is 94.6 cm³/mol. The number of nitrogens with zero attached hydrogens (tertiary/aromatic N) is 1. The van der Waals surface area contributed by atoms with Gasteiger partial charge in [0.1, 0.15) is 0 Å². The van der Waals surface area contributed by atoms with E-state index >= 15 is 0 Å². The molecule has 0 aliphatic heterocycles. The van der Waals surface area contributed by atoms with Gasteiger partial charge >= 0.3 is 0 Å². The minimum Gasteiger partial charge on any atom is -1.00 e. The van der Waals surface area contributed by atoms with Crippen LogP contribution in [0.15, 0.2) is 0 Å². The fraction of sp³-hybridized carbons (Fsp3) is 1.00. The van der Waals surface area contributed by atoms with Crippen molar-refractivity contribution in [2.75, 3.05) is 33.3 Å². The van der Waals surface area contributed by atoms with Gasteiger partial charge in [0.05, 0.1) is 26.7 Å². The molecule has 0 aliphatic carbocycles. The van der Waals surface area contributed by atoms with Crippen molar-refractivity contribution in [3.63, 3.8) is 0 Å². The van der Waals surface area contributed by atoms with E-state index in [0.29, 0.717) is 6.61 Å². The van der Waals surface area contributed by atoms with Crippen molar-refractivity contribution >= 4 is 0 Å². The molecule has 0 aromatic heterocycles. The quantitative estimate of drug-likeness (QED) is 0.227. The lowest BCUT2D eigenvalue weighted by Crippen LogP contribution is -3.00. The van der Waals surface area contributed by atoms with Crippen LogP contribution in [0.4, 0.5) is 0 Å². The van der Waals surface area contributed by atoms with Crippen molar-refractivity contribution in [2.45, 2.75) is 90.9 Å². The third kappa shape index (κ3) is 15.5. The van der Waals surface area contributed by atoms with E-state index in [1.165, 1.54) is 94.7 Å². The summed E-state index contributed by atoms with van der Waals surface area (Å²) >= 11 is 0. The molecule has 0 aromatic carbocycles. The summed E-state index contributed by atoms with van der Waals surface area (Å²) in [6, 6.07) is 0. The van der Waals surface area contributed by atoms with E-state index in [2.05, 4.69) is 20.9 Å². The van der Waals surface area contributed by atoms with Gasteiger partial charge in [0.15, 0.2) is 0 Å². The van der Waals surface area contributed by atoms with Crippen molar-refractivity contribution in [1.29, 1.82) is 0 Å². The third-order valence-corrected chi connectivity index (χ3v) is 4.71. The van der Waals surface area contributed by atoms with Crippen LogP contribution in [0.3, 0.4) is 0 Å². The SMILES string of the molecule is CCCCCCCC[N+](C)(CCCCO)CCCCCC.[I-]. The van der Waals surface area contributed by atoms with Gasteiger partial charge in [-0.05, 0) is 38.5 Å². The Hall–Kier alpha value is 0.650. The van der Waals surface area contributed by atoms with E-state index < -0.39 is 0 Å². The van der Waals surface area contributed by atoms with Crippen LogP contribution in [0.1, 0.15) is 90.9 Å². The molecule has 22 heavy (non-hydrogen) atoms. The lowest BCUT2D eigenvalue weighted by molar-refractivity contribution is -0.910. The maximum atomic E-state index is 9.00. The van der Waals surface area contributed by atoms with E-state index in [1.807, 2.05) is 0 Å². The predicted octanol–water partition coefficient (Wildman–Crippen LogP) is 2.15. The molecule has 0 aromatic rings. The molecule has 1 unspecified atom stereocenters. The second-order valence-corrected chi connectivity index (χ2v) is 7.05. The van der Waals surface area contributed by atoms with Crippen LogP contribution in [-0.2, 0) is 0 Å². The number of aliphatic hydroxyl groups excluding tert-OH is 1. The molecule has 0 saturated heterocycles. The van der Waals surface area contributed by atoms with Crippen molar-refractivity contribution in [3.05, 3.63) is 0 Å². The average molecular weight is 427 g/mol. The number of unbranched alkanes of at least 4 members (excludes halogenated alkanes) is 9. The molecule has 0 aliphatic rings. The van der Waals surface area contributed by atoms with Gasteiger partial charge < -0.3 is 33.6 Å². The molecule has 3 heteroatoms. The molecule has 0 fully saturated rings. The van der Waals surface area contributed by atoms with Gasteiger partial charge in [0.2, 0.25) is 0 Å². The van der Waals surface area contributed by atoms with Crippen LogP contribution in [0.5, 0.6) is 0 Å². The van der Waals surface area contributed by atoms with E-state index in [0.717, 1.165) is 6.42 Å². The Balaban J connectivity index is 0. The Morgan fingerprint density at radius 3 is 1.41 bits per heavy atom. The molecule has 0 amide bonds. The number of quaternary nitrogens is 1. The number of hydrogen-bond donors (Lipinski definition) is 1. The Morgan fingerprint density at radius 2 is 0.955 bits per heavy atom. The normalized spacial score (nSPS) is 13.6. The standard InChI is InChI=1S/C19H42NO.HI/c1-4-6-8-10-11-13-17-20(3,18-14-15-19-21)16-12-9-7-5-2;/h21H,4-19H2,1-3H3;1H/q+1;/p-1. The van der Waals surface area contributed by atoms with Crippen LogP contribution in [0.25, 0.3) is 0 Å². The Labute approximate surface area is 157 Å². The highest BCUT2D eigenvalue weighted by atomic mass is 127. The molecule has 1 atom stereocenters. The zero-order valence-electron chi connectivity index (χ0n) is 15.6. The van der Waals surface area contributed by atoms with Gasteiger partial charge in [0, 0.05) is 6.61 Å². The van der Waals surface area contributed by atoms with Crippen LogP contribution < -0.4 is 24.0 Å². The van der Waals surface area contributed by atoms with Crippen molar-refractivity contribution in [1.82, 2.24) is 0 Å². The maximum absolute atomic E-state index is 9.00. The molecule has 2 nitrogen and oxygen atoms in total. The highest BCUT2D eigenvalue weighted by Gasteiger charge is 2.19. The largest absolute Gasteiger partial charge is 1.00 e. The van der Waals surface area contributed by atoms with E-state index in [4.69, 9.17) is 5.11 Å². The van der Waals surface area contributed by atoms with Crippen LogP contribution in [0.2, 0.25) is 0 Å². The van der Waals surface area contributed by atoms with E-state index in [1.54, 1.807) is 0 Å². The first-order valence-electron chi connectivity index (χ1n) is 9.63. The summed E-state index contributed by atoms with van der Waals surface area (Å²) < 4.78 is 1.23. The maximum Gasteiger partial charge on any atom is 0.0785 e. The second kappa shape index (κ2) is 18.0. The summed E-state index contributed by atoms with van der Waals surface area (Å²) in [4.78, 5) is 0. The molecule has 1 N–H and O–H groups in total. The summed E-state index contributed by atoms with van der Waals surface area (Å²) in [5, 5.41) is 9.00. The zero-order valence-corrected chi connectivity index (χ0v) is 17.7. The number of aliphatic hydroxyl groups is 1. The first-order chi connectivity index (χ1) is 10.2. The lowest BCUT2D eigenvalue weighted by Gasteiger charge is -2.35. The fourth-order valence-corrected chi connectivity index (χ4v) is 3.13. The molecule has 0 saturated carbocycles. The van der Waals surface area contributed by atoms with E-state index in [9.17, 15) is 0 Å². The molecule has 0 heterocycles. The number of halogens is 1. The summed E-state index contributed by atoms with van der Waals surface area (Å²) in [7, 11) is 2.44. The second-order valence-electron chi connectivity index (χ2n) is 7.05.